The molecule has 0 saturated carbocycles. The Hall–Kier alpha value is -2.12. The van der Waals surface area contributed by atoms with E-state index in [1.807, 2.05) is 13.1 Å². The number of nitrogens with one attached hydrogen (secondary N) is 1. The van der Waals surface area contributed by atoms with Crippen LogP contribution in [0.3, 0.4) is 0 Å². The predicted molar refractivity (Wildman–Crippen MR) is 88.8 cm³/mol. The minimum atomic E-state index is -0.576. The molecule has 1 aliphatic heterocycles. The largest absolute Gasteiger partial charge is 0.493 e. The molecule has 1 aliphatic carbocycles. The maximum Gasteiger partial charge on any atom is 0.276 e. The van der Waals surface area contributed by atoms with E-state index in [2.05, 4.69) is 5.32 Å². The smallest absolute Gasteiger partial charge is 0.276 e. The number of aliphatic hydroxyl groups excluding tert-OH is 1. The first-order valence-electron chi connectivity index (χ1n) is 7.99. The molecule has 0 fully saturated rings. The molecule has 2 aliphatic rings. The lowest BCUT2D eigenvalue weighted by atomic mass is 9.68. The van der Waals surface area contributed by atoms with Crippen molar-refractivity contribution < 1.29 is 19.5 Å². The highest BCUT2D eigenvalue weighted by Crippen LogP contribution is 2.56. The standard InChI is InChI=1S/C17H22N2O5/c1-10-12(19(21)22)9-13(23-3)16-15(10)17(6-7-18-2)5-4-11(20)8-14(17)24-16/h4-5,9,11,14,18,20H,6-8H2,1-3H3/t11?,14-,17-/m1/s1. The number of nitro benzene ring substituents is 1. The summed E-state index contributed by atoms with van der Waals surface area (Å²) in [5.74, 6) is 0.920. The maximum absolute atomic E-state index is 11.5. The molecular formula is C17H22N2O5. The fourth-order valence-electron chi connectivity index (χ4n) is 3.88. The molecule has 2 N–H and O–H groups in total. The molecule has 1 aromatic carbocycles. The zero-order valence-corrected chi connectivity index (χ0v) is 14.0. The third-order valence-electron chi connectivity index (χ3n) is 5.05. The van der Waals surface area contributed by atoms with Crippen molar-refractivity contribution in [3.8, 4) is 11.5 Å². The van der Waals surface area contributed by atoms with Crippen LogP contribution < -0.4 is 14.8 Å². The Morgan fingerprint density at radius 3 is 2.96 bits per heavy atom. The summed E-state index contributed by atoms with van der Waals surface area (Å²) < 4.78 is 11.5. The second-order valence-electron chi connectivity index (χ2n) is 6.35. The molecule has 1 heterocycles. The third-order valence-corrected chi connectivity index (χ3v) is 5.05. The van der Waals surface area contributed by atoms with Gasteiger partial charge in [-0.1, -0.05) is 12.2 Å². The van der Waals surface area contributed by atoms with Crippen molar-refractivity contribution in [3.63, 3.8) is 0 Å². The Morgan fingerprint density at radius 2 is 2.33 bits per heavy atom. The van der Waals surface area contributed by atoms with Gasteiger partial charge >= 0.3 is 0 Å². The van der Waals surface area contributed by atoms with Crippen LogP contribution in [-0.4, -0.2) is 42.9 Å². The summed E-state index contributed by atoms with van der Waals surface area (Å²) in [5.41, 5.74) is 0.923. The predicted octanol–water partition coefficient (Wildman–Crippen LogP) is 1.84. The zero-order valence-electron chi connectivity index (χ0n) is 14.0. The fraction of sp³-hybridized carbons (Fsp3) is 0.529. The molecule has 130 valence electrons. The maximum atomic E-state index is 11.5. The highest BCUT2D eigenvalue weighted by atomic mass is 16.6. The van der Waals surface area contributed by atoms with Crippen molar-refractivity contribution in [2.75, 3.05) is 20.7 Å². The zero-order chi connectivity index (χ0) is 17.5. The monoisotopic (exact) mass is 334 g/mol. The van der Waals surface area contributed by atoms with Gasteiger partial charge < -0.3 is 19.9 Å². The van der Waals surface area contributed by atoms with Crippen LogP contribution in [-0.2, 0) is 5.41 Å². The van der Waals surface area contributed by atoms with Crippen LogP contribution in [0.25, 0.3) is 0 Å². The van der Waals surface area contributed by atoms with E-state index in [0.717, 1.165) is 18.5 Å². The van der Waals surface area contributed by atoms with Gasteiger partial charge in [0.25, 0.3) is 5.69 Å². The van der Waals surface area contributed by atoms with E-state index >= 15 is 0 Å². The van der Waals surface area contributed by atoms with Gasteiger partial charge in [0.2, 0.25) is 0 Å². The normalized spacial score (nSPS) is 27.3. The number of nitro groups is 1. The number of ether oxygens (including phenoxy) is 2. The minimum Gasteiger partial charge on any atom is -0.493 e. The lowest BCUT2D eigenvalue weighted by Gasteiger charge is -2.36. The Morgan fingerprint density at radius 1 is 1.58 bits per heavy atom. The van der Waals surface area contributed by atoms with Crippen LogP contribution in [0.2, 0.25) is 0 Å². The van der Waals surface area contributed by atoms with E-state index in [1.165, 1.54) is 13.2 Å². The highest BCUT2D eigenvalue weighted by molar-refractivity contribution is 5.66. The van der Waals surface area contributed by atoms with Crippen LogP contribution in [0, 0.1) is 17.0 Å². The summed E-state index contributed by atoms with van der Waals surface area (Å²) in [6.07, 6.45) is 4.03. The molecule has 1 unspecified atom stereocenters. The lowest BCUT2D eigenvalue weighted by Crippen LogP contribution is -2.43. The Kier molecular flexibility index (Phi) is 4.23. The molecule has 7 nitrogen and oxygen atoms in total. The first-order valence-corrected chi connectivity index (χ1v) is 7.99. The number of methoxy groups -OCH3 is 1. The van der Waals surface area contributed by atoms with Crippen LogP contribution in [0.15, 0.2) is 18.2 Å². The van der Waals surface area contributed by atoms with Gasteiger partial charge in [-0.3, -0.25) is 10.1 Å². The minimum absolute atomic E-state index is 0.0261. The third kappa shape index (κ3) is 2.35. The fourth-order valence-corrected chi connectivity index (χ4v) is 3.88. The second-order valence-corrected chi connectivity index (χ2v) is 6.35. The van der Waals surface area contributed by atoms with Crippen molar-refractivity contribution in [3.05, 3.63) is 39.5 Å². The molecule has 0 spiro atoms. The number of hydrogen-bond donors (Lipinski definition) is 2. The van der Waals surface area contributed by atoms with Gasteiger partial charge in [-0.05, 0) is 26.9 Å². The summed E-state index contributed by atoms with van der Waals surface area (Å²) in [4.78, 5) is 11.1. The van der Waals surface area contributed by atoms with Gasteiger partial charge in [0.15, 0.2) is 11.5 Å². The molecule has 7 heteroatoms. The van der Waals surface area contributed by atoms with Crippen molar-refractivity contribution >= 4 is 5.69 Å². The molecule has 0 amide bonds. The number of aliphatic hydroxyl groups is 1. The van der Waals surface area contributed by atoms with Gasteiger partial charge in [0, 0.05) is 17.5 Å². The summed E-state index contributed by atoms with van der Waals surface area (Å²) in [6.45, 7) is 2.48. The number of fused-ring (bicyclic) bond motifs is 3. The molecule has 0 saturated heterocycles. The van der Waals surface area contributed by atoms with Crippen LogP contribution in [0.1, 0.15) is 24.0 Å². The Bertz CT molecular complexity index is 703. The SMILES string of the molecule is CNCC[C@]12C=CC(O)C[C@H]1Oc1c(OC)cc([N+](=O)[O-])c(C)c12. The first kappa shape index (κ1) is 16.7. The molecule has 0 radical (unpaired) electrons. The second kappa shape index (κ2) is 6.07. The van der Waals surface area contributed by atoms with Gasteiger partial charge in [-0.25, -0.2) is 0 Å². The van der Waals surface area contributed by atoms with Gasteiger partial charge in [-0.2, -0.15) is 0 Å². The van der Waals surface area contributed by atoms with Gasteiger partial charge in [0.05, 0.1) is 29.6 Å². The lowest BCUT2D eigenvalue weighted by molar-refractivity contribution is -0.385. The summed E-state index contributed by atoms with van der Waals surface area (Å²) in [7, 11) is 3.34. The molecule has 24 heavy (non-hydrogen) atoms. The average molecular weight is 334 g/mol. The number of benzene rings is 1. The van der Waals surface area contributed by atoms with Crippen molar-refractivity contribution in [2.45, 2.75) is 37.4 Å². The quantitative estimate of drug-likeness (QED) is 0.485. The van der Waals surface area contributed by atoms with Crippen molar-refractivity contribution in [2.24, 2.45) is 0 Å². The Balaban J connectivity index is 2.25. The number of rotatable bonds is 5. The van der Waals surface area contributed by atoms with E-state index in [1.54, 1.807) is 13.0 Å². The first-order chi connectivity index (χ1) is 11.4. The Labute approximate surface area is 140 Å². The van der Waals surface area contributed by atoms with E-state index in [0.29, 0.717) is 23.5 Å². The molecule has 0 bridgehead atoms. The molecule has 0 aromatic heterocycles. The summed E-state index contributed by atoms with van der Waals surface area (Å²) in [6, 6.07) is 1.41. The highest BCUT2D eigenvalue weighted by Gasteiger charge is 2.52. The van der Waals surface area contributed by atoms with E-state index < -0.39 is 16.4 Å². The molecule has 3 rings (SSSR count). The van der Waals surface area contributed by atoms with Gasteiger partial charge in [-0.15, -0.1) is 0 Å². The topological polar surface area (TPSA) is 93.9 Å². The molecule has 3 atom stereocenters. The van der Waals surface area contributed by atoms with Gasteiger partial charge in [0.1, 0.15) is 6.10 Å². The number of nitrogens with zero attached hydrogens (tertiary/aromatic N) is 1. The molecule has 1 aromatic rings. The average Bonchev–Trinajstić information content (AvgIpc) is 2.88. The van der Waals surface area contributed by atoms with Crippen LogP contribution in [0.4, 0.5) is 5.69 Å². The summed E-state index contributed by atoms with van der Waals surface area (Å²) in [5, 5.41) is 24.6. The van der Waals surface area contributed by atoms with Crippen LogP contribution >= 0.6 is 0 Å². The van der Waals surface area contributed by atoms with E-state index in [4.69, 9.17) is 9.47 Å². The summed E-state index contributed by atoms with van der Waals surface area (Å²) >= 11 is 0. The number of hydrogen-bond acceptors (Lipinski definition) is 6. The van der Waals surface area contributed by atoms with E-state index in [9.17, 15) is 15.2 Å². The van der Waals surface area contributed by atoms with Crippen molar-refractivity contribution in [1.29, 1.82) is 0 Å². The van der Waals surface area contributed by atoms with Crippen molar-refractivity contribution in [1.82, 2.24) is 5.32 Å². The van der Waals surface area contributed by atoms with E-state index in [-0.39, 0.29) is 11.8 Å². The molecular weight excluding hydrogens is 312 g/mol. The van der Waals surface area contributed by atoms with Crippen LogP contribution in [0.5, 0.6) is 11.5 Å².